The Morgan fingerprint density at radius 3 is 1.80 bits per heavy atom. The third-order valence-corrected chi connectivity index (χ3v) is 1.94. The molecule has 0 amide bonds. The van der Waals surface area contributed by atoms with Crippen molar-refractivity contribution in [2.24, 2.45) is 5.41 Å². The lowest BCUT2D eigenvalue weighted by molar-refractivity contribution is -0.150. The number of halogens is 2. The summed E-state index contributed by atoms with van der Waals surface area (Å²) in [5, 5.41) is 5.60. The highest BCUT2D eigenvalue weighted by Crippen LogP contribution is 2.37. The van der Waals surface area contributed by atoms with E-state index in [9.17, 15) is 9.18 Å². The van der Waals surface area contributed by atoms with E-state index in [1.165, 1.54) is 20.8 Å². The Kier molecular flexibility index (Phi) is 2.31. The van der Waals surface area contributed by atoms with Gasteiger partial charge in [-0.15, -0.1) is 0 Å². The number of hydrogen-bond acceptors (Lipinski definition) is 1. The minimum atomic E-state index is -2.67. The van der Waals surface area contributed by atoms with Crippen LogP contribution in [0.3, 0.4) is 0 Å². The van der Waals surface area contributed by atoms with Gasteiger partial charge >= 0.3 is 5.97 Å². The number of carboxylic acids is 1. The van der Waals surface area contributed by atoms with E-state index >= 15 is 0 Å². The fourth-order valence-electron chi connectivity index (χ4n) is 0.321. The average Bonchev–Trinajstić information content (AvgIpc) is 1.62. The largest absolute Gasteiger partial charge is 0.478 e. The molecule has 0 saturated carbocycles. The van der Waals surface area contributed by atoms with Crippen LogP contribution in [-0.2, 0) is 4.79 Å². The molecule has 2 nitrogen and oxygen atoms in total. The van der Waals surface area contributed by atoms with Gasteiger partial charge in [-0.25, -0.2) is 9.18 Å². The van der Waals surface area contributed by atoms with E-state index in [4.69, 9.17) is 16.7 Å². The van der Waals surface area contributed by atoms with E-state index in [1.54, 1.807) is 0 Å². The maximum atomic E-state index is 12.9. The summed E-state index contributed by atoms with van der Waals surface area (Å²) in [4.78, 5) is 10.2. The molecule has 0 fully saturated rings. The van der Waals surface area contributed by atoms with Crippen LogP contribution in [0.25, 0.3) is 0 Å². The Morgan fingerprint density at radius 2 is 1.80 bits per heavy atom. The van der Waals surface area contributed by atoms with Crippen LogP contribution in [0.4, 0.5) is 4.39 Å². The van der Waals surface area contributed by atoms with Gasteiger partial charge in [0.25, 0.3) is 5.13 Å². The minimum absolute atomic E-state index is 1.08. The fraction of sp³-hybridized carbons (Fsp3) is 0.833. The van der Waals surface area contributed by atoms with Crippen molar-refractivity contribution in [2.45, 2.75) is 25.9 Å². The number of carbonyl (C=O) groups is 1. The second-order valence-corrected chi connectivity index (χ2v) is 3.65. The number of aliphatic carboxylic acids is 1. The SMILES string of the molecule is CC(C)(C)C(F)(Cl)C(=O)O. The normalized spacial score (nSPS) is 18.1. The number of alkyl halides is 2. The molecule has 0 aliphatic rings. The minimum Gasteiger partial charge on any atom is -0.478 e. The first-order valence-electron chi connectivity index (χ1n) is 2.81. The molecule has 0 radical (unpaired) electrons. The maximum Gasteiger partial charge on any atom is 0.357 e. The van der Waals surface area contributed by atoms with Crippen LogP contribution in [0.5, 0.6) is 0 Å². The summed E-state index contributed by atoms with van der Waals surface area (Å²) in [6.07, 6.45) is 0. The van der Waals surface area contributed by atoms with Gasteiger partial charge in [-0.1, -0.05) is 32.4 Å². The summed E-state index contributed by atoms with van der Waals surface area (Å²) in [6.45, 7) is 4.27. The van der Waals surface area contributed by atoms with Gasteiger partial charge in [0.2, 0.25) is 0 Å². The van der Waals surface area contributed by atoms with Crippen molar-refractivity contribution in [3.05, 3.63) is 0 Å². The van der Waals surface area contributed by atoms with Crippen LogP contribution < -0.4 is 0 Å². The molecule has 4 heteroatoms. The zero-order chi connectivity index (χ0) is 8.58. The van der Waals surface area contributed by atoms with E-state index in [0.29, 0.717) is 0 Å². The fourth-order valence-corrected chi connectivity index (χ4v) is 0.321. The average molecular weight is 169 g/mol. The lowest BCUT2D eigenvalue weighted by atomic mass is 9.90. The topological polar surface area (TPSA) is 37.3 Å². The van der Waals surface area contributed by atoms with Crippen LogP contribution in [-0.4, -0.2) is 16.2 Å². The van der Waals surface area contributed by atoms with Gasteiger partial charge < -0.3 is 5.11 Å². The van der Waals surface area contributed by atoms with Gasteiger partial charge in [0.15, 0.2) is 0 Å². The smallest absolute Gasteiger partial charge is 0.357 e. The number of carboxylic acid groups (broad SMARTS) is 1. The highest BCUT2D eigenvalue weighted by molar-refractivity contribution is 6.32. The van der Waals surface area contributed by atoms with Crippen molar-refractivity contribution < 1.29 is 14.3 Å². The third kappa shape index (κ3) is 1.59. The molecule has 0 aromatic heterocycles. The molecule has 0 rings (SSSR count). The highest BCUT2D eigenvalue weighted by atomic mass is 35.5. The Labute approximate surface area is 64.0 Å². The monoisotopic (exact) mass is 168 g/mol. The summed E-state index contributed by atoms with van der Waals surface area (Å²) in [7, 11) is 0. The molecule has 60 valence electrons. The standard InChI is InChI=1S/C6H10ClFO2/c1-5(2,3)6(7,8)4(9)10/h1-3H3,(H,9,10). The van der Waals surface area contributed by atoms with E-state index < -0.39 is 16.5 Å². The summed E-state index contributed by atoms with van der Waals surface area (Å²) in [5.74, 6) is -1.64. The first-order chi connectivity index (χ1) is 4.19. The van der Waals surface area contributed by atoms with Gasteiger partial charge in [0, 0.05) is 5.41 Å². The molecule has 1 atom stereocenters. The molecule has 0 aliphatic carbocycles. The molecule has 0 heterocycles. The number of hydrogen-bond donors (Lipinski definition) is 1. The Bertz CT molecular complexity index is 148. The van der Waals surface area contributed by atoms with Crippen molar-refractivity contribution in [2.75, 3.05) is 0 Å². The van der Waals surface area contributed by atoms with Gasteiger partial charge in [0.1, 0.15) is 0 Å². The van der Waals surface area contributed by atoms with Crippen LogP contribution >= 0.6 is 11.6 Å². The Balaban J connectivity index is 4.57. The zero-order valence-corrected chi connectivity index (χ0v) is 6.87. The van der Waals surface area contributed by atoms with Crippen LogP contribution in [0.2, 0.25) is 0 Å². The molecule has 0 aliphatic heterocycles. The Hall–Kier alpha value is -0.310. The third-order valence-electron chi connectivity index (χ3n) is 1.21. The van der Waals surface area contributed by atoms with Gasteiger partial charge in [-0.3, -0.25) is 0 Å². The molecular weight excluding hydrogens is 159 g/mol. The summed E-state index contributed by atoms with van der Waals surface area (Å²) in [5.41, 5.74) is -1.08. The maximum absolute atomic E-state index is 12.9. The molecule has 10 heavy (non-hydrogen) atoms. The molecule has 0 aromatic rings. The van der Waals surface area contributed by atoms with E-state index in [1.807, 2.05) is 0 Å². The molecule has 0 spiro atoms. The molecule has 1 N–H and O–H groups in total. The van der Waals surface area contributed by atoms with Gasteiger partial charge in [-0.2, -0.15) is 0 Å². The molecule has 1 unspecified atom stereocenters. The van der Waals surface area contributed by atoms with E-state index in [2.05, 4.69) is 0 Å². The zero-order valence-electron chi connectivity index (χ0n) is 6.11. The molecule has 0 saturated heterocycles. The molecule has 0 aromatic carbocycles. The van der Waals surface area contributed by atoms with Crippen LogP contribution in [0.1, 0.15) is 20.8 Å². The first kappa shape index (κ1) is 9.69. The van der Waals surface area contributed by atoms with Gasteiger partial charge in [0.05, 0.1) is 0 Å². The summed E-state index contributed by atoms with van der Waals surface area (Å²) >= 11 is 5.08. The highest BCUT2D eigenvalue weighted by Gasteiger charge is 2.48. The first-order valence-corrected chi connectivity index (χ1v) is 3.18. The number of rotatable bonds is 1. The summed E-state index contributed by atoms with van der Waals surface area (Å²) in [6, 6.07) is 0. The van der Waals surface area contributed by atoms with Crippen molar-refractivity contribution in [3.8, 4) is 0 Å². The lowest BCUT2D eigenvalue weighted by Gasteiger charge is -2.27. The second-order valence-electron chi connectivity index (χ2n) is 3.13. The Morgan fingerprint density at radius 1 is 1.50 bits per heavy atom. The quantitative estimate of drug-likeness (QED) is 0.609. The van der Waals surface area contributed by atoms with Crippen molar-refractivity contribution >= 4 is 17.6 Å². The van der Waals surface area contributed by atoms with Crippen molar-refractivity contribution in [1.82, 2.24) is 0 Å². The van der Waals surface area contributed by atoms with Crippen LogP contribution in [0, 0.1) is 5.41 Å². The molecular formula is C6H10ClFO2. The lowest BCUT2D eigenvalue weighted by Crippen LogP contribution is -2.40. The summed E-state index contributed by atoms with van der Waals surface area (Å²) < 4.78 is 12.9. The van der Waals surface area contributed by atoms with Crippen molar-refractivity contribution in [3.63, 3.8) is 0 Å². The van der Waals surface area contributed by atoms with Crippen LogP contribution in [0.15, 0.2) is 0 Å². The van der Waals surface area contributed by atoms with Crippen molar-refractivity contribution in [1.29, 1.82) is 0 Å². The predicted octanol–water partition coefficient (Wildman–Crippen LogP) is 2.02. The predicted molar refractivity (Wildman–Crippen MR) is 36.8 cm³/mol. The van der Waals surface area contributed by atoms with E-state index in [0.717, 1.165) is 0 Å². The molecule has 0 bridgehead atoms. The van der Waals surface area contributed by atoms with E-state index in [-0.39, 0.29) is 0 Å². The van der Waals surface area contributed by atoms with Gasteiger partial charge in [-0.05, 0) is 0 Å². The second kappa shape index (κ2) is 2.38.